The Kier molecular flexibility index (Phi) is 15.2. The third-order valence-corrected chi connectivity index (χ3v) is 19.6. The summed E-state index contributed by atoms with van der Waals surface area (Å²) in [5.41, 5.74) is 0. The van der Waals surface area contributed by atoms with Crippen LogP contribution in [-0.4, -0.2) is 57.1 Å². The molecule has 25 heavy (non-hydrogen) atoms. The summed E-state index contributed by atoms with van der Waals surface area (Å²) >= 11 is -2.55. The summed E-state index contributed by atoms with van der Waals surface area (Å²) < 4.78 is 24.5. The van der Waals surface area contributed by atoms with Gasteiger partial charge in [-0.1, -0.05) is 0 Å². The third kappa shape index (κ3) is 12.3. The fraction of sp³-hybridized carbons (Fsp3) is 0.889. The normalized spacial score (nSPS) is 11.0. The van der Waals surface area contributed by atoms with E-state index >= 15 is 0 Å². The van der Waals surface area contributed by atoms with E-state index in [1.165, 1.54) is 21.7 Å². The Morgan fingerprint density at radius 2 is 1.04 bits per heavy atom. The Balaban J connectivity index is 4.70. The van der Waals surface area contributed by atoms with Gasteiger partial charge < -0.3 is 0 Å². The van der Waals surface area contributed by atoms with Crippen molar-refractivity contribution in [2.75, 3.05) is 26.4 Å². The summed E-state index contributed by atoms with van der Waals surface area (Å²) in [5, 5.41) is 0. The fourth-order valence-corrected chi connectivity index (χ4v) is 16.5. The number of ether oxygens (including phenoxy) is 4. The first kappa shape index (κ1) is 24.3. The van der Waals surface area contributed by atoms with Crippen LogP contribution in [-0.2, 0) is 18.9 Å². The molecule has 0 aromatic carbocycles. The number of carbonyl (C=O) groups is 2. The van der Waals surface area contributed by atoms with E-state index in [1.807, 2.05) is 0 Å². The second-order valence-corrected chi connectivity index (χ2v) is 20.5. The van der Waals surface area contributed by atoms with Crippen molar-refractivity contribution >= 4 is 30.7 Å². The Hall–Kier alpha value is -0.661. The number of hydrogen-bond donors (Lipinski definition) is 0. The van der Waals surface area contributed by atoms with Gasteiger partial charge in [0.25, 0.3) is 0 Å². The van der Waals surface area contributed by atoms with Crippen LogP contribution in [0.15, 0.2) is 0 Å². The quantitative estimate of drug-likeness (QED) is 0.252. The van der Waals surface area contributed by atoms with Crippen LogP contribution in [0.3, 0.4) is 0 Å². The van der Waals surface area contributed by atoms with Crippen molar-refractivity contribution in [2.24, 2.45) is 0 Å². The molecule has 0 radical (unpaired) electrons. The molecule has 7 heteroatoms. The number of carbonyl (C=O) groups excluding carboxylic acids is 2. The van der Waals surface area contributed by atoms with Gasteiger partial charge in [-0.05, 0) is 0 Å². The first-order chi connectivity index (χ1) is 12.0. The summed E-state index contributed by atoms with van der Waals surface area (Å²) in [4.78, 5) is 22.9. The first-order valence-electron chi connectivity index (χ1n) is 9.62. The van der Waals surface area contributed by atoms with Crippen molar-refractivity contribution < 1.29 is 28.5 Å². The predicted molar refractivity (Wildman–Crippen MR) is 101 cm³/mol. The van der Waals surface area contributed by atoms with Crippen molar-refractivity contribution in [3.63, 3.8) is 0 Å². The Bertz CT molecular complexity index is 327. The molecule has 0 saturated carbocycles. The van der Waals surface area contributed by atoms with Crippen molar-refractivity contribution in [1.82, 2.24) is 0 Å². The molecule has 0 saturated heterocycles. The standard InChI is InChI=1S/2C5H9O3.2C4H9.Sn/c2*1-3-7-5(6)8-4-2;2*1-3-4-2;/h2*1,3-4H2,2H3;2*1,3-4H2,2H3;. The molecule has 0 fully saturated rings. The van der Waals surface area contributed by atoms with Gasteiger partial charge >= 0.3 is 157 Å². The average Bonchev–Trinajstić information content (AvgIpc) is 2.58. The van der Waals surface area contributed by atoms with Crippen LogP contribution in [0.4, 0.5) is 9.59 Å². The zero-order valence-corrected chi connectivity index (χ0v) is 19.3. The molecule has 0 atom stereocenters. The molecule has 0 unspecified atom stereocenters. The van der Waals surface area contributed by atoms with E-state index in [4.69, 9.17) is 18.9 Å². The van der Waals surface area contributed by atoms with Gasteiger partial charge in [0.05, 0.1) is 0 Å². The van der Waals surface area contributed by atoms with Crippen molar-refractivity contribution in [1.29, 1.82) is 0 Å². The maximum atomic E-state index is 11.4. The van der Waals surface area contributed by atoms with Gasteiger partial charge in [0.15, 0.2) is 0 Å². The van der Waals surface area contributed by atoms with Gasteiger partial charge in [0.2, 0.25) is 0 Å². The van der Waals surface area contributed by atoms with Gasteiger partial charge in [0.1, 0.15) is 0 Å². The van der Waals surface area contributed by atoms with E-state index in [0.29, 0.717) is 26.4 Å². The van der Waals surface area contributed by atoms with E-state index in [-0.39, 0.29) is 0 Å². The van der Waals surface area contributed by atoms with Crippen molar-refractivity contribution in [3.8, 4) is 0 Å². The molecule has 0 N–H and O–H groups in total. The van der Waals surface area contributed by atoms with Crippen LogP contribution >= 0.6 is 0 Å². The van der Waals surface area contributed by atoms with Crippen LogP contribution in [0, 0.1) is 0 Å². The molecule has 0 aromatic heterocycles. The van der Waals surface area contributed by atoms with E-state index < -0.39 is 30.7 Å². The molecule has 0 spiro atoms. The fourth-order valence-electron chi connectivity index (χ4n) is 2.87. The topological polar surface area (TPSA) is 71.1 Å². The third-order valence-electron chi connectivity index (χ3n) is 4.35. The second-order valence-electron chi connectivity index (χ2n) is 6.27. The molecule has 0 aliphatic rings. The van der Waals surface area contributed by atoms with Crippen LogP contribution in [0.2, 0.25) is 17.7 Å². The average molecular weight is 467 g/mol. The van der Waals surface area contributed by atoms with Gasteiger partial charge in [0, 0.05) is 0 Å². The minimum absolute atomic E-state index is 0.326. The summed E-state index contributed by atoms with van der Waals surface area (Å²) in [6.07, 6.45) is 3.52. The minimum atomic E-state index is -2.55. The molecule has 0 rings (SSSR count). The van der Waals surface area contributed by atoms with Gasteiger partial charge in [-0.2, -0.15) is 0 Å². The summed E-state index contributed by atoms with van der Waals surface area (Å²) in [5.74, 6) is 0. The van der Waals surface area contributed by atoms with Gasteiger partial charge in [-0.3, -0.25) is 0 Å². The molecule has 0 bridgehead atoms. The molecule has 0 aromatic rings. The number of rotatable bonds is 14. The zero-order valence-electron chi connectivity index (χ0n) is 16.4. The van der Waals surface area contributed by atoms with E-state index in [0.717, 1.165) is 21.7 Å². The molecular formula is C18H36O6Sn. The molecule has 0 amide bonds. The summed E-state index contributed by atoms with van der Waals surface area (Å²) in [6, 6.07) is 0. The van der Waals surface area contributed by atoms with Gasteiger partial charge in [-0.25, -0.2) is 0 Å². The Morgan fingerprint density at radius 3 is 1.36 bits per heavy atom. The van der Waals surface area contributed by atoms with E-state index in [2.05, 4.69) is 13.8 Å². The number of hydrogen-bond acceptors (Lipinski definition) is 6. The SMILES string of the molecule is CCC[CH2][Sn]([CH2]CCC)([CH2]COC(=O)OCC)[CH2]COC(=O)OCC. The van der Waals surface area contributed by atoms with Crippen LogP contribution in [0.25, 0.3) is 0 Å². The molecular weight excluding hydrogens is 431 g/mol. The Labute approximate surface area is 156 Å². The first-order valence-corrected chi connectivity index (χ1v) is 17.7. The second kappa shape index (κ2) is 15.6. The van der Waals surface area contributed by atoms with Crippen molar-refractivity contribution in [2.45, 2.75) is 71.1 Å². The van der Waals surface area contributed by atoms with Crippen LogP contribution in [0.1, 0.15) is 53.4 Å². The zero-order chi connectivity index (χ0) is 19.0. The molecule has 148 valence electrons. The molecule has 0 aliphatic heterocycles. The maximum absolute atomic E-state index is 11.4. The summed E-state index contributed by atoms with van der Waals surface area (Å²) in [7, 11) is 0. The van der Waals surface area contributed by atoms with Gasteiger partial charge in [-0.15, -0.1) is 0 Å². The van der Waals surface area contributed by atoms with E-state index in [9.17, 15) is 9.59 Å². The predicted octanol–water partition coefficient (Wildman–Crippen LogP) is 5.38. The van der Waals surface area contributed by atoms with Crippen LogP contribution < -0.4 is 0 Å². The molecule has 0 heterocycles. The Morgan fingerprint density at radius 1 is 0.640 bits per heavy atom. The monoisotopic (exact) mass is 468 g/mol. The van der Waals surface area contributed by atoms with E-state index in [1.54, 1.807) is 13.8 Å². The van der Waals surface area contributed by atoms with Crippen molar-refractivity contribution in [3.05, 3.63) is 0 Å². The molecule has 6 nitrogen and oxygen atoms in total. The van der Waals surface area contributed by atoms with Crippen LogP contribution in [0.5, 0.6) is 0 Å². The molecule has 0 aliphatic carbocycles. The number of unbranched alkanes of at least 4 members (excludes halogenated alkanes) is 2. The summed E-state index contributed by atoms with van der Waals surface area (Å²) in [6.45, 7) is 9.41.